The maximum atomic E-state index is 13.7. The monoisotopic (exact) mass is 357 g/mol. The molecule has 1 atom stereocenters. The van der Waals surface area contributed by atoms with E-state index in [1.54, 1.807) is 26.8 Å². The topological polar surface area (TPSA) is 63.2 Å². The van der Waals surface area contributed by atoms with E-state index < -0.39 is 38.4 Å². The minimum absolute atomic E-state index is 0.121. The number of rotatable bonds is 6. The molecule has 0 radical (unpaired) electrons. The second-order valence-corrected chi connectivity index (χ2v) is 10.3. The largest absolute Gasteiger partial charge is 0.302 e. The van der Waals surface area contributed by atoms with Gasteiger partial charge in [0.2, 0.25) is 0 Å². The summed E-state index contributed by atoms with van der Waals surface area (Å²) in [7, 11) is -3.66. The lowest BCUT2D eigenvalue weighted by Crippen LogP contribution is -2.53. The number of Topliss-reactive ketones (excluding diaryl/α,β-unsaturated/α-hetero) is 1. The van der Waals surface area contributed by atoms with Gasteiger partial charge in [-0.3, -0.25) is 4.79 Å². The first kappa shape index (κ1) is 20.8. The number of hydrogen-bond acceptors (Lipinski definition) is 4. The van der Waals surface area contributed by atoms with Crippen LogP contribution in [0.3, 0.4) is 0 Å². The molecule has 0 spiro atoms. The van der Waals surface area contributed by atoms with Crippen LogP contribution in [0.2, 0.25) is 0 Å². The van der Waals surface area contributed by atoms with Crippen molar-refractivity contribution in [3.8, 4) is 0 Å². The van der Waals surface area contributed by atoms with E-state index in [0.717, 1.165) is 0 Å². The van der Waals surface area contributed by atoms with Gasteiger partial charge in [0.25, 0.3) is 0 Å². The summed E-state index contributed by atoms with van der Waals surface area (Å²) in [4.78, 5) is 12.6. The van der Waals surface area contributed by atoms with Crippen molar-refractivity contribution in [2.24, 2.45) is 5.41 Å². The number of sulfone groups is 1. The van der Waals surface area contributed by atoms with Crippen LogP contribution in [-0.2, 0) is 20.4 Å². The Morgan fingerprint density at radius 3 is 2.12 bits per heavy atom. The lowest BCUT2D eigenvalue weighted by atomic mass is 9.86. The van der Waals surface area contributed by atoms with Crippen molar-refractivity contribution in [3.63, 3.8) is 0 Å². The highest BCUT2D eigenvalue weighted by Crippen LogP contribution is 2.20. The number of halogens is 1. The van der Waals surface area contributed by atoms with Gasteiger partial charge in [-0.2, -0.15) is 0 Å². The summed E-state index contributed by atoms with van der Waals surface area (Å²) in [5.74, 6) is -1.49. The van der Waals surface area contributed by atoms with Crippen LogP contribution in [0.5, 0.6) is 0 Å². The van der Waals surface area contributed by atoms with E-state index in [2.05, 4.69) is 5.32 Å². The van der Waals surface area contributed by atoms with Crippen LogP contribution in [0.15, 0.2) is 24.3 Å². The average molecular weight is 357 g/mol. The van der Waals surface area contributed by atoms with E-state index in [1.807, 2.05) is 20.8 Å². The predicted molar refractivity (Wildman–Crippen MR) is 95.0 cm³/mol. The Hall–Kier alpha value is -1.27. The van der Waals surface area contributed by atoms with Crippen molar-refractivity contribution in [1.82, 2.24) is 5.32 Å². The Kier molecular flexibility index (Phi) is 6.33. The van der Waals surface area contributed by atoms with Crippen LogP contribution < -0.4 is 5.32 Å². The van der Waals surface area contributed by atoms with Crippen LogP contribution in [-0.4, -0.2) is 31.5 Å². The Labute approximate surface area is 144 Å². The summed E-state index contributed by atoms with van der Waals surface area (Å²) >= 11 is 0. The minimum Gasteiger partial charge on any atom is -0.302 e. The molecular weight excluding hydrogens is 329 g/mol. The Morgan fingerprint density at radius 2 is 1.67 bits per heavy atom. The number of nitrogens with one attached hydrogen (secondary N) is 1. The van der Waals surface area contributed by atoms with Crippen LogP contribution in [0.1, 0.15) is 47.1 Å². The maximum Gasteiger partial charge on any atom is 0.156 e. The van der Waals surface area contributed by atoms with Gasteiger partial charge in [0.1, 0.15) is 5.82 Å². The summed E-state index contributed by atoms with van der Waals surface area (Å²) < 4.78 is 38.8. The van der Waals surface area contributed by atoms with Crippen molar-refractivity contribution in [1.29, 1.82) is 0 Å². The maximum absolute atomic E-state index is 13.7. The molecule has 0 heterocycles. The van der Waals surface area contributed by atoms with Crippen molar-refractivity contribution in [3.05, 3.63) is 35.6 Å². The highest BCUT2D eigenvalue weighted by molar-refractivity contribution is 7.90. The van der Waals surface area contributed by atoms with Crippen LogP contribution in [0, 0.1) is 11.2 Å². The van der Waals surface area contributed by atoms with Gasteiger partial charge < -0.3 is 5.32 Å². The van der Waals surface area contributed by atoms with Gasteiger partial charge in [-0.25, -0.2) is 12.8 Å². The molecule has 0 aliphatic heterocycles. The third-order valence-electron chi connectivity index (χ3n) is 3.42. The third kappa shape index (κ3) is 6.69. The molecule has 0 aromatic heterocycles. The highest BCUT2D eigenvalue weighted by Gasteiger charge is 2.35. The molecule has 4 nitrogen and oxygen atoms in total. The van der Waals surface area contributed by atoms with Gasteiger partial charge in [0.15, 0.2) is 15.6 Å². The van der Waals surface area contributed by atoms with Crippen LogP contribution >= 0.6 is 0 Å². The first-order valence-corrected chi connectivity index (χ1v) is 9.79. The van der Waals surface area contributed by atoms with Gasteiger partial charge >= 0.3 is 0 Å². The fourth-order valence-electron chi connectivity index (χ4n) is 2.39. The lowest BCUT2D eigenvalue weighted by Gasteiger charge is -2.31. The fraction of sp³-hybridized carbons (Fsp3) is 0.611. The summed E-state index contributed by atoms with van der Waals surface area (Å²) in [6, 6.07) is 4.96. The molecule has 0 saturated heterocycles. The van der Waals surface area contributed by atoms with Gasteiger partial charge in [0.05, 0.1) is 17.5 Å². The Bertz CT molecular complexity index is 685. The first-order chi connectivity index (χ1) is 10.7. The Morgan fingerprint density at radius 1 is 1.12 bits per heavy atom. The van der Waals surface area contributed by atoms with E-state index >= 15 is 0 Å². The number of benzene rings is 1. The predicted octanol–water partition coefficient (Wildman–Crippen LogP) is 3.11. The number of carbonyl (C=O) groups excluding carboxylic acids is 1. The molecular formula is C18H28FNO3S. The van der Waals surface area contributed by atoms with Crippen molar-refractivity contribution < 1.29 is 17.6 Å². The average Bonchev–Trinajstić information content (AvgIpc) is 2.36. The normalized spacial score (nSPS) is 14.5. The van der Waals surface area contributed by atoms with Crippen molar-refractivity contribution in [2.75, 3.05) is 5.75 Å². The SMILES string of the molecule is CC(C)(C)NC(CS(=O)(=O)Cc1ccccc1F)C(=O)C(C)(C)C. The van der Waals surface area contributed by atoms with E-state index in [9.17, 15) is 17.6 Å². The summed E-state index contributed by atoms with van der Waals surface area (Å²) in [5, 5.41) is 3.10. The van der Waals surface area contributed by atoms with Gasteiger partial charge in [-0.15, -0.1) is 0 Å². The zero-order chi connectivity index (χ0) is 18.8. The molecule has 0 aliphatic rings. The molecule has 1 aromatic rings. The van der Waals surface area contributed by atoms with Crippen molar-refractivity contribution >= 4 is 15.6 Å². The summed E-state index contributed by atoms with van der Waals surface area (Å²) in [5.41, 5.74) is -0.967. The van der Waals surface area contributed by atoms with E-state index in [1.165, 1.54) is 18.2 Å². The van der Waals surface area contributed by atoms with Gasteiger partial charge in [0, 0.05) is 16.5 Å². The quantitative estimate of drug-likeness (QED) is 0.850. The molecule has 0 amide bonds. The molecule has 0 bridgehead atoms. The number of ketones is 1. The van der Waals surface area contributed by atoms with Crippen LogP contribution in [0.4, 0.5) is 4.39 Å². The zero-order valence-corrected chi connectivity index (χ0v) is 16.1. The van der Waals surface area contributed by atoms with Crippen molar-refractivity contribution in [2.45, 2.75) is 58.9 Å². The van der Waals surface area contributed by atoms with Gasteiger partial charge in [-0.1, -0.05) is 39.0 Å². The molecule has 1 N–H and O–H groups in total. The van der Waals surface area contributed by atoms with Gasteiger partial charge in [-0.05, 0) is 26.8 Å². The smallest absolute Gasteiger partial charge is 0.156 e. The molecule has 1 rings (SSSR count). The molecule has 136 valence electrons. The minimum atomic E-state index is -3.66. The standard InChI is InChI=1S/C18H28FNO3S/c1-17(2,3)16(21)15(20-18(4,5)6)12-24(22,23)11-13-9-7-8-10-14(13)19/h7-10,15,20H,11-12H2,1-6H3. The summed E-state index contributed by atoms with van der Waals surface area (Å²) in [6.07, 6.45) is 0. The lowest BCUT2D eigenvalue weighted by molar-refractivity contribution is -0.128. The second kappa shape index (κ2) is 7.31. The zero-order valence-electron chi connectivity index (χ0n) is 15.3. The third-order valence-corrected chi connectivity index (χ3v) is 5.01. The molecule has 1 unspecified atom stereocenters. The van der Waals surface area contributed by atoms with E-state index in [0.29, 0.717) is 0 Å². The summed E-state index contributed by atoms with van der Waals surface area (Å²) in [6.45, 7) is 10.9. The molecule has 24 heavy (non-hydrogen) atoms. The van der Waals surface area contributed by atoms with E-state index in [4.69, 9.17) is 0 Å². The van der Waals surface area contributed by atoms with Crippen LogP contribution in [0.25, 0.3) is 0 Å². The fourth-order valence-corrected chi connectivity index (χ4v) is 3.96. The second-order valence-electron chi connectivity index (χ2n) is 8.21. The number of hydrogen-bond donors (Lipinski definition) is 1. The first-order valence-electron chi connectivity index (χ1n) is 7.97. The Balaban J connectivity index is 3.04. The molecule has 0 saturated carbocycles. The molecule has 0 aliphatic carbocycles. The molecule has 0 fully saturated rings. The molecule has 1 aromatic carbocycles. The highest BCUT2D eigenvalue weighted by atomic mass is 32.2. The number of carbonyl (C=O) groups is 1. The van der Waals surface area contributed by atoms with E-state index in [-0.39, 0.29) is 17.1 Å². The molecule has 6 heteroatoms.